The lowest BCUT2D eigenvalue weighted by atomic mass is 10.2. The van der Waals surface area contributed by atoms with Crippen molar-refractivity contribution < 1.29 is 17.3 Å². The predicted molar refractivity (Wildman–Crippen MR) is 96.9 cm³/mol. The number of aryl methyl sites for hydroxylation is 2. The van der Waals surface area contributed by atoms with Gasteiger partial charge in [0.1, 0.15) is 0 Å². The van der Waals surface area contributed by atoms with Crippen LogP contribution in [0.25, 0.3) is 0 Å². The van der Waals surface area contributed by atoms with Crippen LogP contribution in [-0.2, 0) is 25.6 Å². The molecule has 0 bridgehead atoms. The third kappa shape index (κ3) is 4.72. The number of hydrogen-bond donors (Lipinski definition) is 2. The van der Waals surface area contributed by atoms with E-state index in [0.29, 0.717) is 24.4 Å². The van der Waals surface area contributed by atoms with E-state index in [4.69, 9.17) is 8.92 Å². The van der Waals surface area contributed by atoms with Crippen molar-refractivity contribution >= 4 is 10.1 Å². The standard InChI is InChI=1S/C17H21N3O6S/c1-11-3-4-14(12(2)7-11)27(23,24)26-16-10-25-6-5-20(16)9-13-8-15(21)19-17(22)18-13/h3-4,7-8,16H,5-6,9-10H2,1-2H3,(H2,18,19,21,22). The van der Waals surface area contributed by atoms with Crippen molar-refractivity contribution in [3.05, 3.63) is 61.9 Å². The van der Waals surface area contributed by atoms with Crippen LogP contribution < -0.4 is 11.2 Å². The van der Waals surface area contributed by atoms with Crippen LogP contribution in [-0.4, -0.2) is 49.3 Å². The highest BCUT2D eigenvalue weighted by Gasteiger charge is 2.30. The maximum atomic E-state index is 12.7. The molecule has 2 aromatic rings. The molecule has 2 heterocycles. The molecule has 0 spiro atoms. The fourth-order valence-electron chi connectivity index (χ4n) is 2.99. The number of H-pyrrole nitrogens is 2. The molecule has 146 valence electrons. The molecule has 10 heteroatoms. The van der Waals surface area contributed by atoms with Crippen LogP contribution in [0.15, 0.2) is 38.8 Å². The highest BCUT2D eigenvalue weighted by molar-refractivity contribution is 7.86. The second kappa shape index (κ2) is 7.77. The Hall–Kier alpha value is -2.27. The molecule has 1 aliphatic rings. The summed E-state index contributed by atoms with van der Waals surface area (Å²) in [6.45, 7) is 4.56. The first kappa shape index (κ1) is 19.5. The summed E-state index contributed by atoms with van der Waals surface area (Å²) in [4.78, 5) is 29.3. The van der Waals surface area contributed by atoms with E-state index in [0.717, 1.165) is 5.56 Å². The lowest BCUT2D eigenvalue weighted by Gasteiger charge is -2.34. The molecule has 1 atom stereocenters. The smallest absolute Gasteiger partial charge is 0.325 e. The second-order valence-electron chi connectivity index (χ2n) is 6.43. The van der Waals surface area contributed by atoms with Gasteiger partial charge in [0.05, 0.1) is 18.1 Å². The second-order valence-corrected chi connectivity index (χ2v) is 7.97. The Kier molecular flexibility index (Phi) is 5.61. The Morgan fingerprint density at radius 3 is 2.70 bits per heavy atom. The SMILES string of the molecule is Cc1ccc(S(=O)(=O)OC2COCCN2Cc2cc(=O)[nH]c(=O)[nH]2)c(C)c1. The molecule has 1 aliphatic heterocycles. The molecule has 0 saturated carbocycles. The van der Waals surface area contributed by atoms with Crippen molar-refractivity contribution in [1.29, 1.82) is 0 Å². The lowest BCUT2D eigenvalue weighted by molar-refractivity contribution is -0.0930. The van der Waals surface area contributed by atoms with Crippen molar-refractivity contribution in [2.24, 2.45) is 0 Å². The summed E-state index contributed by atoms with van der Waals surface area (Å²) < 4.78 is 36.2. The number of nitrogens with zero attached hydrogens (tertiary/aromatic N) is 1. The number of nitrogens with one attached hydrogen (secondary N) is 2. The first-order valence-corrected chi connectivity index (χ1v) is 9.80. The van der Waals surface area contributed by atoms with Crippen molar-refractivity contribution in [3.63, 3.8) is 0 Å². The minimum absolute atomic E-state index is 0.0531. The van der Waals surface area contributed by atoms with Crippen LogP contribution in [0.1, 0.15) is 16.8 Å². The van der Waals surface area contributed by atoms with E-state index in [9.17, 15) is 18.0 Å². The zero-order valence-corrected chi connectivity index (χ0v) is 15.8. The van der Waals surface area contributed by atoms with Gasteiger partial charge in [-0.05, 0) is 25.5 Å². The van der Waals surface area contributed by atoms with Crippen molar-refractivity contribution in [2.75, 3.05) is 19.8 Å². The summed E-state index contributed by atoms with van der Waals surface area (Å²) in [6.07, 6.45) is -0.868. The van der Waals surface area contributed by atoms with Gasteiger partial charge in [0.25, 0.3) is 15.7 Å². The lowest BCUT2D eigenvalue weighted by Crippen LogP contribution is -2.47. The zero-order chi connectivity index (χ0) is 19.6. The minimum atomic E-state index is -4.01. The van der Waals surface area contributed by atoms with E-state index in [1.54, 1.807) is 24.0 Å². The van der Waals surface area contributed by atoms with E-state index in [-0.39, 0.29) is 18.0 Å². The predicted octanol–water partition coefficient (Wildman–Crippen LogP) is 0.244. The third-order valence-electron chi connectivity index (χ3n) is 4.22. The Morgan fingerprint density at radius 2 is 2.00 bits per heavy atom. The third-order valence-corrected chi connectivity index (χ3v) is 5.69. The fraction of sp³-hybridized carbons (Fsp3) is 0.412. The van der Waals surface area contributed by atoms with Gasteiger partial charge in [-0.1, -0.05) is 17.7 Å². The van der Waals surface area contributed by atoms with Gasteiger partial charge in [-0.25, -0.2) is 8.98 Å². The van der Waals surface area contributed by atoms with Gasteiger partial charge in [0.2, 0.25) is 0 Å². The van der Waals surface area contributed by atoms with Crippen LogP contribution in [0.4, 0.5) is 0 Å². The van der Waals surface area contributed by atoms with Gasteiger partial charge in [-0.3, -0.25) is 14.7 Å². The number of rotatable bonds is 5. The summed E-state index contributed by atoms with van der Waals surface area (Å²) in [5.41, 5.74) is 0.765. The summed E-state index contributed by atoms with van der Waals surface area (Å²) >= 11 is 0. The molecule has 1 aromatic heterocycles. The van der Waals surface area contributed by atoms with E-state index in [1.807, 2.05) is 6.92 Å². The van der Waals surface area contributed by atoms with Crippen molar-refractivity contribution in [1.82, 2.24) is 14.9 Å². The van der Waals surface area contributed by atoms with Crippen LogP contribution in [0.5, 0.6) is 0 Å². The Morgan fingerprint density at radius 1 is 1.22 bits per heavy atom. The summed E-state index contributed by atoms with van der Waals surface area (Å²) in [6, 6.07) is 6.25. The van der Waals surface area contributed by atoms with Crippen LogP contribution in [0.3, 0.4) is 0 Å². The molecule has 0 aliphatic carbocycles. The number of hydrogen-bond acceptors (Lipinski definition) is 7. The minimum Gasteiger partial charge on any atom is -0.376 e. The van der Waals surface area contributed by atoms with Crippen molar-refractivity contribution in [3.8, 4) is 0 Å². The Labute approximate surface area is 156 Å². The zero-order valence-electron chi connectivity index (χ0n) is 15.0. The maximum absolute atomic E-state index is 12.7. The first-order valence-electron chi connectivity index (χ1n) is 8.39. The molecule has 3 rings (SSSR count). The quantitative estimate of drug-likeness (QED) is 0.696. The van der Waals surface area contributed by atoms with E-state index in [1.165, 1.54) is 12.1 Å². The molecule has 0 amide bonds. The molecule has 1 unspecified atom stereocenters. The topological polar surface area (TPSA) is 122 Å². The van der Waals surface area contributed by atoms with Gasteiger partial charge in [-0.2, -0.15) is 8.42 Å². The highest BCUT2D eigenvalue weighted by Crippen LogP contribution is 2.22. The van der Waals surface area contributed by atoms with Gasteiger partial charge >= 0.3 is 5.69 Å². The molecular formula is C17H21N3O6S. The molecule has 9 nitrogen and oxygen atoms in total. The van der Waals surface area contributed by atoms with Crippen LogP contribution in [0.2, 0.25) is 0 Å². The summed E-state index contributed by atoms with van der Waals surface area (Å²) in [5.74, 6) is 0. The van der Waals surface area contributed by atoms with E-state index in [2.05, 4.69) is 9.97 Å². The number of aromatic amines is 2. The molecule has 1 aromatic carbocycles. The maximum Gasteiger partial charge on any atom is 0.325 e. The summed E-state index contributed by atoms with van der Waals surface area (Å²) in [7, 11) is -4.01. The molecule has 27 heavy (non-hydrogen) atoms. The van der Waals surface area contributed by atoms with Crippen LogP contribution >= 0.6 is 0 Å². The van der Waals surface area contributed by atoms with Crippen molar-refractivity contribution in [2.45, 2.75) is 31.5 Å². The summed E-state index contributed by atoms with van der Waals surface area (Å²) in [5, 5.41) is 0. The normalized spacial score (nSPS) is 18.5. The fourth-order valence-corrected chi connectivity index (χ4v) is 4.25. The largest absolute Gasteiger partial charge is 0.376 e. The van der Waals surface area contributed by atoms with Gasteiger partial charge in [-0.15, -0.1) is 0 Å². The number of benzene rings is 1. The molecular weight excluding hydrogens is 374 g/mol. The molecule has 2 N–H and O–H groups in total. The Balaban J connectivity index is 1.82. The number of morpholine rings is 1. The monoisotopic (exact) mass is 395 g/mol. The average Bonchev–Trinajstić information content (AvgIpc) is 2.55. The van der Waals surface area contributed by atoms with Crippen LogP contribution in [0, 0.1) is 13.8 Å². The first-order chi connectivity index (χ1) is 12.7. The Bertz CT molecular complexity index is 1010. The number of ether oxygens (including phenoxy) is 1. The van der Waals surface area contributed by atoms with Gasteiger partial charge < -0.3 is 9.72 Å². The van der Waals surface area contributed by atoms with E-state index < -0.39 is 27.6 Å². The number of aromatic nitrogens is 2. The van der Waals surface area contributed by atoms with Gasteiger partial charge in [0.15, 0.2) is 6.23 Å². The van der Waals surface area contributed by atoms with E-state index >= 15 is 0 Å². The van der Waals surface area contributed by atoms with Gasteiger partial charge in [0, 0.05) is 24.8 Å². The molecule has 1 fully saturated rings. The average molecular weight is 395 g/mol. The highest BCUT2D eigenvalue weighted by atomic mass is 32.2. The molecule has 1 saturated heterocycles. The molecule has 0 radical (unpaired) electrons.